The molecule has 1 N–H and O–H groups in total. The normalized spacial score (nSPS) is 9.46. The lowest BCUT2D eigenvalue weighted by Crippen LogP contribution is -2.32. The van der Waals surface area contributed by atoms with Crippen LogP contribution in [0, 0.1) is 0 Å². The predicted molar refractivity (Wildman–Crippen MR) is 67.8 cm³/mol. The Balaban J connectivity index is 3.69. The Labute approximate surface area is 99.3 Å². The van der Waals surface area contributed by atoms with Crippen molar-refractivity contribution in [1.82, 2.24) is 4.90 Å². The molecule has 0 aromatic carbocycles. The van der Waals surface area contributed by atoms with Crippen LogP contribution in [0.3, 0.4) is 0 Å². The third-order valence-electron chi connectivity index (χ3n) is 1.23. The lowest BCUT2D eigenvalue weighted by atomic mass is 10.5. The standard InChI is InChI=1S/C6H11NO2S4/c8-3-1-7(5(10)11)2-4-9-6(12)13/h8H,1-4H2,(H,10,11)(H,12,13). The quantitative estimate of drug-likeness (QED) is 0.499. The highest BCUT2D eigenvalue weighted by molar-refractivity contribution is 8.11. The van der Waals surface area contributed by atoms with Gasteiger partial charge in [-0.2, -0.15) is 0 Å². The lowest BCUT2D eigenvalue weighted by molar-refractivity contribution is 0.225. The van der Waals surface area contributed by atoms with E-state index in [1.807, 2.05) is 0 Å². The Morgan fingerprint density at radius 2 is 1.92 bits per heavy atom. The smallest absolute Gasteiger partial charge is 0.216 e. The van der Waals surface area contributed by atoms with Crippen LogP contribution in [0.4, 0.5) is 0 Å². The number of aliphatic hydroxyl groups is 1. The summed E-state index contributed by atoms with van der Waals surface area (Å²) in [5, 5.41) is 8.68. The molecular weight excluding hydrogens is 246 g/mol. The van der Waals surface area contributed by atoms with Crippen molar-refractivity contribution >= 4 is 58.4 Å². The minimum atomic E-state index is 0.0338. The highest BCUT2D eigenvalue weighted by Gasteiger charge is 2.04. The monoisotopic (exact) mass is 257 g/mol. The summed E-state index contributed by atoms with van der Waals surface area (Å²) in [6.45, 7) is 1.42. The van der Waals surface area contributed by atoms with Crippen LogP contribution >= 0.6 is 49.7 Å². The minimum Gasteiger partial charge on any atom is -0.477 e. The van der Waals surface area contributed by atoms with Crippen molar-refractivity contribution in [2.24, 2.45) is 0 Å². The molecule has 0 radical (unpaired) electrons. The lowest BCUT2D eigenvalue weighted by Gasteiger charge is -2.20. The van der Waals surface area contributed by atoms with Crippen molar-refractivity contribution in [2.75, 3.05) is 26.3 Å². The van der Waals surface area contributed by atoms with Crippen LogP contribution < -0.4 is 0 Å². The zero-order valence-corrected chi connectivity index (χ0v) is 10.3. The Morgan fingerprint density at radius 1 is 1.31 bits per heavy atom. The molecule has 0 aliphatic heterocycles. The van der Waals surface area contributed by atoms with E-state index in [0.29, 0.717) is 24.0 Å². The maximum Gasteiger partial charge on any atom is 0.216 e. The van der Waals surface area contributed by atoms with Crippen LogP contribution in [0.1, 0.15) is 0 Å². The molecule has 0 saturated carbocycles. The highest BCUT2D eigenvalue weighted by Crippen LogP contribution is 1.97. The summed E-state index contributed by atoms with van der Waals surface area (Å²) in [6.07, 6.45) is 0. The molecule has 0 fully saturated rings. The number of nitrogens with zero attached hydrogens (tertiary/aromatic N) is 1. The average molecular weight is 257 g/mol. The SMILES string of the molecule is OCCN(CCOC(=S)S)C(=S)S. The zero-order valence-electron chi connectivity index (χ0n) is 6.84. The van der Waals surface area contributed by atoms with Gasteiger partial charge in [0.25, 0.3) is 0 Å². The van der Waals surface area contributed by atoms with Crippen molar-refractivity contribution in [2.45, 2.75) is 0 Å². The van der Waals surface area contributed by atoms with E-state index in [9.17, 15) is 0 Å². The van der Waals surface area contributed by atoms with Gasteiger partial charge in [-0.25, -0.2) is 0 Å². The Kier molecular flexibility index (Phi) is 8.07. The van der Waals surface area contributed by atoms with E-state index < -0.39 is 0 Å². The van der Waals surface area contributed by atoms with E-state index in [0.717, 1.165) is 0 Å². The zero-order chi connectivity index (χ0) is 10.3. The topological polar surface area (TPSA) is 32.7 Å². The molecule has 0 rings (SSSR count). The first-order valence-corrected chi connectivity index (χ1v) is 5.23. The molecule has 13 heavy (non-hydrogen) atoms. The van der Waals surface area contributed by atoms with Gasteiger partial charge in [0.2, 0.25) is 4.38 Å². The van der Waals surface area contributed by atoms with Crippen molar-refractivity contribution in [3.63, 3.8) is 0 Å². The van der Waals surface area contributed by atoms with Gasteiger partial charge in [-0.1, -0.05) is 24.8 Å². The molecule has 0 atom stereocenters. The molecule has 0 unspecified atom stereocenters. The third kappa shape index (κ3) is 7.51. The van der Waals surface area contributed by atoms with Crippen LogP contribution in [0.5, 0.6) is 0 Å². The maximum atomic E-state index is 8.68. The first-order valence-electron chi connectivity index (χ1n) is 3.52. The maximum absolute atomic E-state index is 8.68. The number of ether oxygens (including phenoxy) is 1. The molecule has 0 aromatic heterocycles. The summed E-state index contributed by atoms with van der Waals surface area (Å²) in [7, 11) is 0. The van der Waals surface area contributed by atoms with Crippen LogP contribution in [-0.4, -0.2) is 45.0 Å². The molecule has 0 bridgehead atoms. The molecule has 0 aromatic rings. The number of aliphatic hydroxyl groups excluding tert-OH is 1. The molecule has 0 amide bonds. The van der Waals surface area contributed by atoms with E-state index in [1.54, 1.807) is 4.90 Å². The Bertz CT molecular complexity index is 187. The van der Waals surface area contributed by atoms with E-state index in [1.165, 1.54) is 0 Å². The van der Waals surface area contributed by atoms with Gasteiger partial charge in [0.15, 0.2) is 0 Å². The van der Waals surface area contributed by atoms with Crippen LogP contribution in [0.15, 0.2) is 0 Å². The number of hydrogen-bond donors (Lipinski definition) is 3. The number of rotatable bonds is 5. The fourth-order valence-electron chi connectivity index (χ4n) is 0.667. The average Bonchev–Trinajstić information content (AvgIpc) is 2.02. The first kappa shape index (κ1) is 13.4. The second-order valence-electron chi connectivity index (χ2n) is 2.11. The number of hydrogen-bond acceptors (Lipinski definition) is 4. The van der Waals surface area contributed by atoms with Crippen molar-refractivity contribution < 1.29 is 9.84 Å². The molecular formula is C6H11NO2S4. The molecule has 0 heterocycles. The van der Waals surface area contributed by atoms with Gasteiger partial charge in [0.05, 0.1) is 13.2 Å². The highest BCUT2D eigenvalue weighted by atomic mass is 32.1. The summed E-state index contributed by atoms with van der Waals surface area (Å²) >= 11 is 17.2. The molecule has 0 spiro atoms. The second-order valence-corrected chi connectivity index (χ2v) is 4.30. The summed E-state index contributed by atoms with van der Waals surface area (Å²) in [5.41, 5.74) is 0. The van der Waals surface area contributed by atoms with E-state index in [2.05, 4.69) is 37.5 Å². The van der Waals surface area contributed by atoms with Crippen molar-refractivity contribution in [1.29, 1.82) is 0 Å². The van der Waals surface area contributed by atoms with Gasteiger partial charge < -0.3 is 14.7 Å². The first-order chi connectivity index (χ1) is 6.07. The molecule has 0 saturated heterocycles. The van der Waals surface area contributed by atoms with Gasteiger partial charge in [0, 0.05) is 6.54 Å². The van der Waals surface area contributed by atoms with Gasteiger partial charge in [0.1, 0.15) is 10.9 Å². The van der Waals surface area contributed by atoms with Crippen LogP contribution in [-0.2, 0) is 4.74 Å². The molecule has 0 aliphatic carbocycles. The predicted octanol–water partition coefficient (Wildman–Crippen LogP) is 0.727. The second kappa shape index (κ2) is 7.81. The van der Waals surface area contributed by atoms with E-state index in [-0.39, 0.29) is 11.0 Å². The largest absolute Gasteiger partial charge is 0.477 e. The Morgan fingerprint density at radius 3 is 2.31 bits per heavy atom. The molecule has 3 nitrogen and oxygen atoms in total. The summed E-state index contributed by atoms with van der Waals surface area (Å²) in [5.74, 6) is 0. The van der Waals surface area contributed by atoms with Crippen LogP contribution in [0.2, 0.25) is 0 Å². The minimum absolute atomic E-state index is 0.0338. The fourth-order valence-corrected chi connectivity index (χ4v) is 1.22. The van der Waals surface area contributed by atoms with Gasteiger partial charge >= 0.3 is 0 Å². The van der Waals surface area contributed by atoms with Crippen LogP contribution in [0.25, 0.3) is 0 Å². The van der Waals surface area contributed by atoms with E-state index >= 15 is 0 Å². The summed E-state index contributed by atoms with van der Waals surface area (Å²) < 4.78 is 5.58. The molecule has 0 aliphatic rings. The van der Waals surface area contributed by atoms with Gasteiger partial charge in [-0.15, -0.1) is 12.6 Å². The fraction of sp³-hybridized carbons (Fsp3) is 0.667. The van der Waals surface area contributed by atoms with Gasteiger partial charge in [-0.05, 0) is 12.2 Å². The number of thiol groups is 2. The summed E-state index contributed by atoms with van der Waals surface area (Å²) in [4.78, 5) is 1.71. The van der Waals surface area contributed by atoms with Gasteiger partial charge in [-0.3, -0.25) is 0 Å². The van der Waals surface area contributed by atoms with E-state index in [4.69, 9.17) is 22.1 Å². The summed E-state index contributed by atoms with van der Waals surface area (Å²) in [6, 6.07) is 0. The van der Waals surface area contributed by atoms with Crippen molar-refractivity contribution in [3.05, 3.63) is 0 Å². The number of thiocarbonyl (C=S) groups is 2. The third-order valence-corrected chi connectivity index (χ3v) is 2.02. The van der Waals surface area contributed by atoms with Crippen molar-refractivity contribution in [3.8, 4) is 0 Å². The Hall–Kier alpha value is 0.440. The molecule has 7 heteroatoms. The molecule has 76 valence electrons.